The molecule has 0 saturated heterocycles. The van der Waals surface area contributed by atoms with Crippen LogP contribution in [-0.4, -0.2) is 22.9 Å². The molecule has 2 amide bonds. The van der Waals surface area contributed by atoms with Crippen molar-refractivity contribution in [3.05, 3.63) is 0 Å². The molecule has 0 aliphatic rings. The van der Waals surface area contributed by atoms with Gasteiger partial charge < -0.3 is 16.6 Å². The molecule has 6 heteroatoms. The number of hydrogen-bond acceptors (Lipinski definition) is 3. The van der Waals surface area contributed by atoms with E-state index < -0.39 is 35.5 Å². The maximum Gasteiger partial charge on any atom is 0.307 e. The minimum absolute atomic E-state index is 0.223. The van der Waals surface area contributed by atoms with Crippen LogP contribution in [0.15, 0.2) is 0 Å². The van der Waals surface area contributed by atoms with Gasteiger partial charge in [-0.3, -0.25) is 14.4 Å². The lowest BCUT2D eigenvalue weighted by Crippen LogP contribution is -2.42. The zero-order valence-corrected chi connectivity index (χ0v) is 8.77. The molecule has 15 heavy (non-hydrogen) atoms. The number of carbonyl (C=O) groups is 3. The Morgan fingerprint density at radius 3 is 1.87 bits per heavy atom. The molecule has 0 aliphatic heterocycles. The minimum Gasteiger partial charge on any atom is -0.481 e. The Kier molecular flexibility index (Phi) is 4.77. The Balaban J connectivity index is 5.02. The summed E-state index contributed by atoms with van der Waals surface area (Å²) in [5.41, 5.74) is 10.1. The smallest absolute Gasteiger partial charge is 0.307 e. The number of carboxylic acids is 1. The summed E-state index contributed by atoms with van der Waals surface area (Å²) in [6, 6.07) is 0. The summed E-state index contributed by atoms with van der Waals surface area (Å²) in [6.07, 6.45) is 0.223. The van der Waals surface area contributed by atoms with E-state index in [4.69, 9.17) is 16.6 Å². The van der Waals surface area contributed by atoms with Gasteiger partial charge in [0, 0.05) is 5.92 Å². The monoisotopic (exact) mass is 216 g/mol. The molecule has 0 heterocycles. The summed E-state index contributed by atoms with van der Waals surface area (Å²) in [4.78, 5) is 32.9. The average molecular weight is 216 g/mol. The highest BCUT2D eigenvalue weighted by atomic mass is 16.4. The van der Waals surface area contributed by atoms with E-state index >= 15 is 0 Å². The van der Waals surface area contributed by atoms with E-state index in [9.17, 15) is 14.4 Å². The predicted octanol–water partition coefficient (Wildman–Crippen LogP) is -0.680. The van der Waals surface area contributed by atoms with E-state index in [0.717, 1.165) is 0 Å². The standard InChI is InChI=1S/C9H16N2O4/c1-3-5(9(14)15)6(8(11)13)4(2)7(10)12/h4-6H,3H2,1-2H3,(H2,10,12)(H2,11,13)(H,14,15). The summed E-state index contributed by atoms with van der Waals surface area (Å²) >= 11 is 0. The lowest BCUT2D eigenvalue weighted by Gasteiger charge is -2.23. The van der Waals surface area contributed by atoms with Gasteiger partial charge in [0.05, 0.1) is 11.8 Å². The fourth-order valence-corrected chi connectivity index (χ4v) is 1.55. The molecule has 0 saturated carbocycles. The van der Waals surface area contributed by atoms with Crippen molar-refractivity contribution in [3.63, 3.8) is 0 Å². The summed E-state index contributed by atoms with van der Waals surface area (Å²) < 4.78 is 0. The van der Waals surface area contributed by atoms with Crippen LogP contribution in [0.3, 0.4) is 0 Å². The maximum absolute atomic E-state index is 11.1. The van der Waals surface area contributed by atoms with Crippen LogP contribution in [0.4, 0.5) is 0 Å². The molecule has 0 aromatic rings. The highest BCUT2D eigenvalue weighted by Gasteiger charge is 2.37. The Morgan fingerprint density at radius 2 is 1.67 bits per heavy atom. The maximum atomic E-state index is 11.1. The number of hydrogen-bond donors (Lipinski definition) is 3. The highest BCUT2D eigenvalue weighted by molar-refractivity contribution is 5.89. The van der Waals surface area contributed by atoms with Crippen LogP contribution in [-0.2, 0) is 14.4 Å². The fraction of sp³-hybridized carbons (Fsp3) is 0.667. The topological polar surface area (TPSA) is 123 Å². The van der Waals surface area contributed by atoms with E-state index in [1.807, 2.05) is 0 Å². The number of aliphatic carboxylic acids is 1. The van der Waals surface area contributed by atoms with Gasteiger partial charge in [0.25, 0.3) is 0 Å². The third-order valence-electron chi connectivity index (χ3n) is 2.51. The Bertz CT molecular complexity index is 277. The Labute approximate surface area is 87.6 Å². The summed E-state index contributed by atoms with van der Waals surface area (Å²) in [6.45, 7) is 3.02. The normalized spacial score (nSPS) is 16.4. The molecule has 0 fully saturated rings. The first-order valence-corrected chi connectivity index (χ1v) is 4.64. The van der Waals surface area contributed by atoms with Crippen LogP contribution in [0, 0.1) is 17.8 Å². The molecule has 5 N–H and O–H groups in total. The van der Waals surface area contributed by atoms with E-state index in [0.29, 0.717) is 0 Å². The molecule has 0 bridgehead atoms. The number of rotatable bonds is 6. The number of primary amides is 2. The first-order valence-electron chi connectivity index (χ1n) is 4.64. The predicted molar refractivity (Wildman–Crippen MR) is 52.5 cm³/mol. The van der Waals surface area contributed by atoms with Crippen molar-refractivity contribution in [2.75, 3.05) is 0 Å². The third kappa shape index (κ3) is 3.23. The molecule has 86 valence electrons. The van der Waals surface area contributed by atoms with Gasteiger partial charge in [-0.2, -0.15) is 0 Å². The van der Waals surface area contributed by atoms with E-state index in [2.05, 4.69) is 0 Å². The molecular formula is C9H16N2O4. The van der Waals surface area contributed by atoms with Crippen LogP contribution in [0.1, 0.15) is 20.3 Å². The zero-order chi connectivity index (χ0) is 12.2. The first kappa shape index (κ1) is 13.4. The van der Waals surface area contributed by atoms with Gasteiger partial charge in [-0.15, -0.1) is 0 Å². The van der Waals surface area contributed by atoms with E-state index in [-0.39, 0.29) is 6.42 Å². The lowest BCUT2D eigenvalue weighted by atomic mass is 9.80. The Hall–Kier alpha value is -1.59. The van der Waals surface area contributed by atoms with Crippen LogP contribution in [0.2, 0.25) is 0 Å². The second-order valence-corrected chi connectivity index (χ2v) is 3.47. The largest absolute Gasteiger partial charge is 0.481 e. The first-order chi connectivity index (χ1) is 6.82. The van der Waals surface area contributed by atoms with Gasteiger partial charge in [-0.05, 0) is 6.42 Å². The summed E-state index contributed by atoms with van der Waals surface area (Å²) in [7, 11) is 0. The van der Waals surface area contributed by atoms with Crippen molar-refractivity contribution >= 4 is 17.8 Å². The van der Waals surface area contributed by atoms with Crippen molar-refractivity contribution in [2.45, 2.75) is 20.3 Å². The quantitative estimate of drug-likeness (QED) is 0.544. The average Bonchev–Trinajstić information content (AvgIpc) is 2.11. The van der Waals surface area contributed by atoms with Crippen LogP contribution < -0.4 is 11.5 Å². The molecule has 3 unspecified atom stereocenters. The van der Waals surface area contributed by atoms with Crippen molar-refractivity contribution in [3.8, 4) is 0 Å². The second kappa shape index (κ2) is 5.33. The molecular weight excluding hydrogens is 200 g/mol. The lowest BCUT2D eigenvalue weighted by molar-refractivity contribution is -0.149. The second-order valence-electron chi connectivity index (χ2n) is 3.47. The van der Waals surface area contributed by atoms with Crippen LogP contribution in [0.5, 0.6) is 0 Å². The van der Waals surface area contributed by atoms with Gasteiger partial charge in [0.2, 0.25) is 11.8 Å². The molecule has 0 rings (SSSR count). The Morgan fingerprint density at radius 1 is 1.20 bits per heavy atom. The molecule has 0 aliphatic carbocycles. The molecule has 0 radical (unpaired) electrons. The molecule has 0 aromatic heterocycles. The van der Waals surface area contributed by atoms with Gasteiger partial charge in [-0.25, -0.2) is 0 Å². The number of carbonyl (C=O) groups excluding carboxylic acids is 2. The van der Waals surface area contributed by atoms with Crippen molar-refractivity contribution in [1.82, 2.24) is 0 Å². The molecule has 3 atom stereocenters. The summed E-state index contributed by atoms with van der Waals surface area (Å²) in [5.74, 6) is -5.57. The molecule has 0 spiro atoms. The SMILES string of the molecule is CCC(C(=O)O)C(C(N)=O)C(C)C(N)=O. The molecule has 0 aromatic carbocycles. The van der Waals surface area contributed by atoms with Crippen LogP contribution >= 0.6 is 0 Å². The van der Waals surface area contributed by atoms with E-state index in [1.54, 1.807) is 6.92 Å². The van der Waals surface area contributed by atoms with Crippen molar-refractivity contribution in [1.29, 1.82) is 0 Å². The van der Waals surface area contributed by atoms with Crippen molar-refractivity contribution in [2.24, 2.45) is 29.2 Å². The van der Waals surface area contributed by atoms with Gasteiger partial charge in [0.1, 0.15) is 0 Å². The zero-order valence-electron chi connectivity index (χ0n) is 8.77. The van der Waals surface area contributed by atoms with E-state index in [1.165, 1.54) is 6.92 Å². The number of nitrogens with two attached hydrogens (primary N) is 2. The number of amides is 2. The molecule has 6 nitrogen and oxygen atoms in total. The van der Waals surface area contributed by atoms with Crippen LogP contribution in [0.25, 0.3) is 0 Å². The van der Waals surface area contributed by atoms with Crippen molar-refractivity contribution < 1.29 is 19.5 Å². The van der Waals surface area contributed by atoms with Gasteiger partial charge >= 0.3 is 5.97 Å². The fourth-order valence-electron chi connectivity index (χ4n) is 1.55. The van der Waals surface area contributed by atoms with Gasteiger partial charge in [0.15, 0.2) is 0 Å². The third-order valence-corrected chi connectivity index (χ3v) is 2.51. The van der Waals surface area contributed by atoms with Gasteiger partial charge in [-0.1, -0.05) is 13.8 Å². The minimum atomic E-state index is -1.14. The number of carboxylic acid groups (broad SMARTS) is 1. The summed E-state index contributed by atoms with van der Waals surface area (Å²) in [5, 5.41) is 8.86. The highest BCUT2D eigenvalue weighted by Crippen LogP contribution is 2.24.